The smallest absolute Gasteiger partial charge is 0.254 e. The Morgan fingerprint density at radius 1 is 1.12 bits per heavy atom. The first kappa shape index (κ1) is 17.9. The SMILES string of the molecule is Cc1ccc(N)cc1C(=O)N1CCC(C(=O)Nc2ccc(F)cc2)CC1. The maximum Gasteiger partial charge on any atom is 0.254 e. The molecular formula is C20H22FN3O2. The summed E-state index contributed by atoms with van der Waals surface area (Å²) < 4.78 is 12.9. The number of likely N-dealkylation sites (tertiary alicyclic amines) is 1. The molecule has 1 aliphatic rings. The van der Waals surface area contributed by atoms with E-state index in [4.69, 9.17) is 5.73 Å². The Hall–Kier alpha value is -2.89. The quantitative estimate of drug-likeness (QED) is 0.830. The number of anilines is 2. The topological polar surface area (TPSA) is 75.4 Å². The molecule has 0 unspecified atom stereocenters. The number of nitrogens with two attached hydrogens (primary N) is 1. The normalized spacial score (nSPS) is 14.9. The van der Waals surface area contributed by atoms with E-state index in [0.717, 1.165) is 5.56 Å². The zero-order chi connectivity index (χ0) is 18.7. The Labute approximate surface area is 152 Å². The number of halogens is 1. The van der Waals surface area contributed by atoms with Crippen LogP contribution in [0.15, 0.2) is 42.5 Å². The van der Waals surface area contributed by atoms with E-state index >= 15 is 0 Å². The lowest BCUT2D eigenvalue weighted by Crippen LogP contribution is -2.41. The highest BCUT2D eigenvalue weighted by molar-refractivity contribution is 5.97. The molecule has 1 fully saturated rings. The number of aryl methyl sites for hydroxylation is 1. The molecule has 0 saturated carbocycles. The number of nitrogen functional groups attached to an aromatic ring is 1. The predicted octanol–water partition coefficient (Wildman–Crippen LogP) is 3.21. The van der Waals surface area contributed by atoms with Gasteiger partial charge >= 0.3 is 0 Å². The summed E-state index contributed by atoms with van der Waals surface area (Å²) in [5.74, 6) is -0.645. The van der Waals surface area contributed by atoms with E-state index < -0.39 is 0 Å². The number of carbonyl (C=O) groups is 2. The van der Waals surface area contributed by atoms with Gasteiger partial charge in [0.2, 0.25) is 5.91 Å². The van der Waals surface area contributed by atoms with Gasteiger partial charge in [0, 0.05) is 35.9 Å². The molecule has 6 heteroatoms. The van der Waals surface area contributed by atoms with E-state index in [0.29, 0.717) is 42.9 Å². The number of benzene rings is 2. The molecule has 0 aromatic heterocycles. The van der Waals surface area contributed by atoms with Crippen LogP contribution in [0.3, 0.4) is 0 Å². The summed E-state index contributed by atoms with van der Waals surface area (Å²) in [7, 11) is 0. The van der Waals surface area contributed by atoms with Gasteiger partial charge in [0.05, 0.1) is 0 Å². The third-order valence-electron chi connectivity index (χ3n) is 4.76. The van der Waals surface area contributed by atoms with Gasteiger partial charge in [0.25, 0.3) is 5.91 Å². The average Bonchev–Trinajstić information content (AvgIpc) is 2.65. The molecule has 1 aliphatic heterocycles. The number of piperidine rings is 1. The first-order valence-electron chi connectivity index (χ1n) is 8.66. The van der Waals surface area contributed by atoms with Crippen LogP contribution in [0, 0.1) is 18.7 Å². The Bertz CT molecular complexity index is 812. The van der Waals surface area contributed by atoms with Crippen molar-refractivity contribution in [3.8, 4) is 0 Å². The maximum atomic E-state index is 12.9. The van der Waals surface area contributed by atoms with Gasteiger partial charge in [0.1, 0.15) is 5.82 Å². The lowest BCUT2D eigenvalue weighted by atomic mass is 9.95. The highest BCUT2D eigenvalue weighted by Gasteiger charge is 2.28. The van der Waals surface area contributed by atoms with Crippen LogP contribution >= 0.6 is 0 Å². The Morgan fingerprint density at radius 2 is 1.77 bits per heavy atom. The van der Waals surface area contributed by atoms with Crippen LogP contribution in [0.2, 0.25) is 0 Å². The van der Waals surface area contributed by atoms with Gasteiger partial charge < -0.3 is 16.0 Å². The van der Waals surface area contributed by atoms with E-state index in [1.807, 2.05) is 13.0 Å². The van der Waals surface area contributed by atoms with Crippen LogP contribution in [0.1, 0.15) is 28.8 Å². The summed E-state index contributed by atoms with van der Waals surface area (Å²) in [6.07, 6.45) is 1.19. The predicted molar refractivity (Wildman–Crippen MR) is 99.2 cm³/mol. The van der Waals surface area contributed by atoms with E-state index in [-0.39, 0.29) is 23.5 Å². The molecule has 0 aliphatic carbocycles. The second-order valence-electron chi connectivity index (χ2n) is 6.64. The summed E-state index contributed by atoms with van der Waals surface area (Å²) in [6, 6.07) is 11.0. The highest BCUT2D eigenvalue weighted by Crippen LogP contribution is 2.23. The van der Waals surface area contributed by atoms with Crippen LogP contribution in [0.5, 0.6) is 0 Å². The van der Waals surface area contributed by atoms with Crippen molar-refractivity contribution in [2.45, 2.75) is 19.8 Å². The Balaban J connectivity index is 1.58. The van der Waals surface area contributed by atoms with E-state index in [9.17, 15) is 14.0 Å². The van der Waals surface area contributed by atoms with Crippen LogP contribution < -0.4 is 11.1 Å². The number of amides is 2. The van der Waals surface area contributed by atoms with Crippen molar-refractivity contribution >= 4 is 23.2 Å². The maximum absolute atomic E-state index is 12.9. The van der Waals surface area contributed by atoms with Crippen LogP contribution in [-0.4, -0.2) is 29.8 Å². The zero-order valence-corrected chi connectivity index (χ0v) is 14.7. The van der Waals surface area contributed by atoms with E-state index in [1.54, 1.807) is 17.0 Å². The van der Waals surface area contributed by atoms with Crippen molar-refractivity contribution in [2.75, 3.05) is 24.1 Å². The van der Waals surface area contributed by atoms with Gasteiger partial charge in [-0.2, -0.15) is 0 Å². The minimum absolute atomic E-state index is 0.0489. The third-order valence-corrected chi connectivity index (χ3v) is 4.76. The number of hydrogen-bond donors (Lipinski definition) is 2. The van der Waals surface area contributed by atoms with Gasteiger partial charge in [-0.3, -0.25) is 9.59 Å². The number of rotatable bonds is 3. The number of nitrogens with zero attached hydrogens (tertiary/aromatic N) is 1. The fourth-order valence-corrected chi connectivity index (χ4v) is 3.16. The van der Waals surface area contributed by atoms with Crippen molar-refractivity contribution in [3.05, 3.63) is 59.4 Å². The van der Waals surface area contributed by atoms with Crippen molar-refractivity contribution in [3.63, 3.8) is 0 Å². The van der Waals surface area contributed by atoms with Gasteiger partial charge in [-0.05, 0) is 61.7 Å². The molecule has 2 aromatic carbocycles. The minimum Gasteiger partial charge on any atom is -0.399 e. The second kappa shape index (κ2) is 7.56. The lowest BCUT2D eigenvalue weighted by molar-refractivity contribution is -0.121. The minimum atomic E-state index is -0.341. The number of nitrogens with one attached hydrogen (secondary N) is 1. The molecule has 3 rings (SSSR count). The molecule has 2 amide bonds. The molecule has 0 bridgehead atoms. The largest absolute Gasteiger partial charge is 0.399 e. The zero-order valence-electron chi connectivity index (χ0n) is 14.7. The van der Waals surface area contributed by atoms with Crippen LogP contribution in [0.25, 0.3) is 0 Å². The summed E-state index contributed by atoms with van der Waals surface area (Å²) in [5, 5.41) is 2.81. The van der Waals surface area contributed by atoms with Crippen molar-refractivity contribution in [2.24, 2.45) is 5.92 Å². The highest BCUT2D eigenvalue weighted by atomic mass is 19.1. The van der Waals surface area contributed by atoms with E-state index in [1.165, 1.54) is 24.3 Å². The summed E-state index contributed by atoms with van der Waals surface area (Å²) in [6.45, 7) is 2.93. The molecular weight excluding hydrogens is 333 g/mol. The molecule has 3 N–H and O–H groups in total. The van der Waals surface area contributed by atoms with Crippen LogP contribution in [-0.2, 0) is 4.79 Å². The molecule has 136 valence electrons. The standard InChI is InChI=1S/C20H22FN3O2/c1-13-2-5-16(22)12-18(13)20(26)24-10-8-14(9-11-24)19(25)23-17-6-3-15(21)4-7-17/h2-7,12,14H,8-11,22H2,1H3,(H,23,25). The lowest BCUT2D eigenvalue weighted by Gasteiger charge is -2.31. The first-order chi connectivity index (χ1) is 12.4. The van der Waals surface area contributed by atoms with Crippen molar-refractivity contribution in [1.82, 2.24) is 4.90 Å². The molecule has 0 atom stereocenters. The first-order valence-corrected chi connectivity index (χ1v) is 8.66. The molecule has 0 radical (unpaired) electrons. The molecule has 26 heavy (non-hydrogen) atoms. The molecule has 0 spiro atoms. The summed E-state index contributed by atoms with van der Waals surface area (Å²) in [5.41, 5.74) is 8.43. The van der Waals surface area contributed by atoms with Gasteiger partial charge in [-0.25, -0.2) is 4.39 Å². The van der Waals surface area contributed by atoms with E-state index in [2.05, 4.69) is 5.32 Å². The van der Waals surface area contributed by atoms with Gasteiger partial charge in [-0.15, -0.1) is 0 Å². The average molecular weight is 355 g/mol. The Morgan fingerprint density at radius 3 is 2.42 bits per heavy atom. The summed E-state index contributed by atoms with van der Waals surface area (Å²) in [4.78, 5) is 26.8. The number of carbonyl (C=O) groups excluding carboxylic acids is 2. The molecule has 1 saturated heterocycles. The number of hydrogen-bond acceptors (Lipinski definition) is 3. The molecule has 5 nitrogen and oxygen atoms in total. The Kier molecular flexibility index (Phi) is 5.21. The molecule has 2 aromatic rings. The van der Waals surface area contributed by atoms with Gasteiger partial charge in [-0.1, -0.05) is 6.07 Å². The van der Waals surface area contributed by atoms with Crippen molar-refractivity contribution < 1.29 is 14.0 Å². The molecule has 1 heterocycles. The summed E-state index contributed by atoms with van der Waals surface area (Å²) >= 11 is 0. The fourth-order valence-electron chi connectivity index (χ4n) is 3.16. The third kappa shape index (κ3) is 4.02. The van der Waals surface area contributed by atoms with Crippen LogP contribution in [0.4, 0.5) is 15.8 Å². The second-order valence-corrected chi connectivity index (χ2v) is 6.64. The van der Waals surface area contributed by atoms with Crippen molar-refractivity contribution in [1.29, 1.82) is 0 Å². The monoisotopic (exact) mass is 355 g/mol. The van der Waals surface area contributed by atoms with Gasteiger partial charge in [0.15, 0.2) is 0 Å². The fraction of sp³-hybridized carbons (Fsp3) is 0.300.